The normalized spacial score (nSPS) is 18.9. The lowest BCUT2D eigenvalue weighted by molar-refractivity contribution is -0.162. The van der Waals surface area contributed by atoms with Gasteiger partial charge in [-0.3, -0.25) is 4.79 Å². The molecule has 2 aromatic rings. The highest BCUT2D eigenvalue weighted by Crippen LogP contribution is 2.31. The van der Waals surface area contributed by atoms with Gasteiger partial charge in [0.15, 0.2) is 11.4 Å². The minimum Gasteiger partial charge on any atom is -0.497 e. The Balaban J connectivity index is 1.68. The van der Waals surface area contributed by atoms with Gasteiger partial charge in [0.25, 0.3) is 0 Å². The number of benzene rings is 2. The van der Waals surface area contributed by atoms with E-state index in [1.54, 1.807) is 38.3 Å². The number of hydrogen-bond acceptors (Lipinski definition) is 6. The highest BCUT2D eigenvalue weighted by atomic mass is 35.7. The number of nitrogens with one attached hydrogen (secondary N) is 1. The molecule has 10 heteroatoms. The molecule has 1 fully saturated rings. The van der Waals surface area contributed by atoms with Gasteiger partial charge in [-0.1, -0.05) is 61.3 Å². The monoisotopic (exact) mass is 520 g/mol. The first-order valence-corrected chi connectivity index (χ1v) is 12.8. The standard InChI is InChI=1S/C24H25ClN2O5S2/c1-15(2)21(24(29)32-14-17-9-11-18(31-3)12-10-17)27-22(28)20(23(27)34(25)30)26-19(33)13-16-7-5-4-6-8-16/h4-12,20-21,23H,1,13-14H2,2-3H3,(H,26,33). The zero-order valence-electron chi connectivity index (χ0n) is 18.7. The zero-order chi connectivity index (χ0) is 24.8. The van der Waals surface area contributed by atoms with Crippen LogP contribution in [0.3, 0.4) is 0 Å². The molecular formula is C24H25ClN2O5S2. The number of β-lactam (4-membered cyclic amide) rings is 1. The number of halogens is 1. The smallest absolute Gasteiger partial charge is 0.333 e. The molecule has 34 heavy (non-hydrogen) atoms. The fourth-order valence-electron chi connectivity index (χ4n) is 3.60. The van der Waals surface area contributed by atoms with Gasteiger partial charge in [-0.2, -0.15) is 0 Å². The second-order valence-corrected chi connectivity index (χ2v) is 10.2. The molecule has 1 saturated heterocycles. The van der Waals surface area contributed by atoms with Crippen LogP contribution in [-0.2, 0) is 37.4 Å². The summed E-state index contributed by atoms with van der Waals surface area (Å²) in [5.74, 6) is -0.463. The zero-order valence-corrected chi connectivity index (χ0v) is 21.1. The molecule has 0 bridgehead atoms. The molecular weight excluding hydrogens is 496 g/mol. The topological polar surface area (TPSA) is 84.9 Å². The molecule has 3 rings (SSSR count). The van der Waals surface area contributed by atoms with Crippen LogP contribution in [-0.4, -0.2) is 50.5 Å². The highest BCUT2D eigenvalue weighted by molar-refractivity contribution is 8.08. The molecule has 0 aliphatic carbocycles. The van der Waals surface area contributed by atoms with Gasteiger partial charge in [0.1, 0.15) is 28.4 Å². The molecule has 1 heterocycles. The summed E-state index contributed by atoms with van der Waals surface area (Å²) in [6.45, 7) is 5.42. The highest BCUT2D eigenvalue weighted by Gasteiger charge is 2.56. The molecule has 1 aliphatic rings. The van der Waals surface area contributed by atoms with Crippen LogP contribution in [0.15, 0.2) is 66.7 Å². The largest absolute Gasteiger partial charge is 0.497 e. The second kappa shape index (κ2) is 11.6. The number of thiocarbonyl (C=S) groups is 1. The molecule has 0 aromatic heterocycles. The van der Waals surface area contributed by atoms with Gasteiger partial charge in [-0.05, 0) is 46.4 Å². The quantitative estimate of drug-likeness (QED) is 0.169. The van der Waals surface area contributed by atoms with E-state index in [0.29, 0.717) is 22.7 Å². The lowest BCUT2D eigenvalue weighted by Crippen LogP contribution is -2.74. The number of esters is 1. The Morgan fingerprint density at radius 3 is 2.41 bits per heavy atom. The molecule has 4 atom stereocenters. The van der Waals surface area contributed by atoms with Crippen molar-refractivity contribution in [3.63, 3.8) is 0 Å². The fraction of sp³-hybridized carbons (Fsp3) is 0.292. The summed E-state index contributed by atoms with van der Waals surface area (Å²) in [5, 5.41) is 1.97. The van der Waals surface area contributed by atoms with Crippen LogP contribution in [0, 0.1) is 0 Å². The van der Waals surface area contributed by atoms with Crippen molar-refractivity contribution in [2.24, 2.45) is 0 Å². The van der Waals surface area contributed by atoms with Crippen molar-refractivity contribution >= 4 is 49.8 Å². The average Bonchev–Trinajstić information content (AvgIpc) is 2.81. The third-order valence-electron chi connectivity index (χ3n) is 5.30. The summed E-state index contributed by atoms with van der Waals surface area (Å²) < 4.78 is 22.9. The van der Waals surface area contributed by atoms with Gasteiger partial charge in [-0.15, -0.1) is 0 Å². The summed E-state index contributed by atoms with van der Waals surface area (Å²) in [6, 6.07) is 14.5. The number of rotatable bonds is 10. The maximum absolute atomic E-state index is 13.0. The number of nitrogens with zero attached hydrogens (tertiary/aromatic N) is 1. The fourth-order valence-corrected chi connectivity index (χ4v) is 5.27. The average molecular weight is 521 g/mol. The SMILES string of the molecule is C=C(C)C(C(=O)OCc1ccc(OC)cc1)N1C(=O)C(NC(=S)Cc2ccccc2)C1S(=O)Cl. The van der Waals surface area contributed by atoms with E-state index in [1.807, 2.05) is 30.3 Å². The van der Waals surface area contributed by atoms with Crippen molar-refractivity contribution in [2.45, 2.75) is 37.4 Å². The Hall–Kier alpha value is -2.75. The Bertz CT molecular complexity index is 1090. The van der Waals surface area contributed by atoms with E-state index in [1.165, 1.54) is 0 Å². The van der Waals surface area contributed by atoms with E-state index in [9.17, 15) is 13.8 Å². The minimum absolute atomic E-state index is 0.00783. The molecule has 1 aliphatic heterocycles. The summed E-state index contributed by atoms with van der Waals surface area (Å²) >= 11 is 5.38. The first kappa shape index (κ1) is 25.9. The van der Waals surface area contributed by atoms with Crippen LogP contribution in [0.25, 0.3) is 0 Å². The lowest BCUT2D eigenvalue weighted by atomic mass is 9.99. The Morgan fingerprint density at radius 2 is 1.85 bits per heavy atom. The summed E-state index contributed by atoms with van der Waals surface area (Å²) in [5.41, 5.74) is 2.08. The predicted molar refractivity (Wildman–Crippen MR) is 136 cm³/mol. The Kier molecular flexibility index (Phi) is 8.82. The number of amides is 1. The van der Waals surface area contributed by atoms with Crippen LogP contribution in [0.1, 0.15) is 18.1 Å². The van der Waals surface area contributed by atoms with Gasteiger partial charge >= 0.3 is 5.97 Å². The Labute approximate surface area is 211 Å². The van der Waals surface area contributed by atoms with E-state index < -0.39 is 39.3 Å². The van der Waals surface area contributed by atoms with Crippen LogP contribution < -0.4 is 10.1 Å². The molecule has 0 radical (unpaired) electrons. The van der Waals surface area contributed by atoms with Crippen molar-refractivity contribution in [2.75, 3.05) is 7.11 Å². The first-order chi connectivity index (χ1) is 16.2. The van der Waals surface area contributed by atoms with Crippen LogP contribution in [0.4, 0.5) is 0 Å². The minimum atomic E-state index is -1.97. The van der Waals surface area contributed by atoms with Crippen LogP contribution >= 0.6 is 22.9 Å². The molecule has 0 spiro atoms. The van der Waals surface area contributed by atoms with E-state index in [-0.39, 0.29) is 6.61 Å². The molecule has 2 aromatic carbocycles. The van der Waals surface area contributed by atoms with Crippen LogP contribution in [0.5, 0.6) is 5.75 Å². The van der Waals surface area contributed by atoms with E-state index in [0.717, 1.165) is 16.0 Å². The van der Waals surface area contributed by atoms with Crippen molar-refractivity contribution in [3.8, 4) is 5.75 Å². The number of hydrogen-bond donors (Lipinski definition) is 1. The molecule has 1 N–H and O–H groups in total. The van der Waals surface area contributed by atoms with Crippen LogP contribution in [0.2, 0.25) is 0 Å². The summed E-state index contributed by atoms with van der Waals surface area (Å²) in [6.07, 6.45) is 0.412. The molecule has 1 amide bonds. The lowest BCUT2D eigenvalue weighted by Gasteiger charge is -2.48. The van der Waals surface area contributed by atoms with Crippen molar-refractivity contribution in [1.82, 2.24) is 10.2 Å². The third kappa shape index (κ3) is 6.02. The maximum Gasteiger partial charge on any atom is 0.333 e. The van der Waals surface area contributed by atoms with Gasteiger partial charge in [0, 0.05) is 6.42 Å². The van der Waals surface area contributed by atoms with Crippen molar-refractivity contribution in [3.05, 3.63) is 77.9 Å². The predicted octanol–water partition coefficient (Wildman–Crippen LogP) is 3.28. The number of ether oxygens (including phenoxy) is 2. The van der Waals surface area contributed by atoms with Crippen molar-refractivity contribution in [1.29, 1.82) is 0 Å². The molecule has 0 saturated carbocycles. The number of methoxy groups -OCH3 is 1. The van der Waals surface area contributed by atoms with E-state index in [2.05, 4.69) is 11.9 Å². The van der Waals surface area contributed by atoms with Gasteiger partial charge in [0.05, 0.1) is 12.1 Å². The maximum atomic E-state index is 13.0. The molecule has 7 nitrogen and oxygen atoms in total. The second-order valence-electron chi connectivity index (χ2n) is 7.80. The summed E-state index contributed by atoms with van der Waals surface area (Å²) in [4.78, 5) is 27.5. The number of carbonyl (C=O) groups excluding carboxylic acids is 2. The number of carbonyl (C=O) groups is 2. The van der Waals surface area contributed by atoms with Crippen molar-refractivity contribution < 1.29 is 23.3 Å². The first-order valence-electron chi connectivity index (χ1n) is 10.4. The van der Waals surface area contributed by atoms with Gasteiger partial charge in [0.2, 0.25) is 5.91 Å². The molecule has 4 unspecified atom stereocenters. The number of likely N-dealkylation sites (tertiary alicyclic amines) is 1. The van der Waals surface area contributed by atoms with E-state index in [4.69, 9.17) is 32.4 Å². The Morgan fingerprint density at radius 1 is 1.21 bits per heavy atom. The summed E-state index contributed by atoms with van der Waals surface area (Å²) in [7, 11) is 5.52. The van der Waals surface area contributed by atoms with E-state index >= 15 is 0 Å². The molecule has 180 valence electrons. The van der Waals surface area contributed by atoms with Gasteiger partial charge < -0.3 is 19.7 Å². The van der Waals surface area contributed by atoms with Gasteiger partial charge in [-0.25, -0.2) is 9.00 Å². The third-order valence-corrected chi connectivity index (χ3v) is 6.99.